The number of esters is 2. The Morgan fingerprint density at radius 2 is 0.982 bits per heavy atom. The van der Waals surface area contributed by atoms with E-state index in [2.05, 4.69) is 38.2 Å². The van der Waals surface area contributed by atoms with Crippen molar-refractivity contribution in [2.75, 3.05) is 13.2 Å². The highest BCUT2D eigenvalue weighted by Crippen LogP contribution is 2.47. The van der Waals surface area contributed by atoms with Crippen LogP contribution in [0.3, 0.4) is 0 Å². The number of hydrogen-bond donors (Lipinski definition) is 6. The first-order chi connectivity index (χ1) is 26.4. The van der Waals surface area contributed by atoms with Crippen LogP contribution >= 0.6 is 7.82 Å². The first kappa shape index (κ1) is 50.3. The molecule has 0 aliphatic heterocycles. The smallest absolute Gasteiger partial charge is 0.462 e. The first-order valence-electron chi connectivity index (χ1n) is 19.8. The molecule has 0 bridgehead atoms. The number of carbonyl (C=O) groups is 2. The Kier molecular flexibility index (Phi) is 28.7. The van der Waals surface area contributed by atoms with Gasteiger partial charge in [0.2, 0.25) is 0 Å². The van der Waals surface area contributed by atoms with Gasteiger partial charge in [0.15, 0.2) is 6.10 Å². The molecule has 0 aromatic heterocycles. The fraction of sp³-hybridized carbons (Fsp3) is 0.659. The highest BCUT2D eigenvalue weighted by Gasteiger charge is 2.51. The molecule has 0 spiro atoms. The van der Waals surface area contributed by atoms with E-state index in [0.717, 1.165) is 77.0 Å². The van der Waals surface area contributed by atoms with E-state index in [9.17, 15) is 44.6 Å². The first-order valence-corrected chi connectivity index (χ1v) is 21.3. The van der Waals surface area contributed by atoms with Crippen LogP contribution in [-0.4, -0.2) is 98.3 Å². The van der Waals surface area contributed by atoms with Gasteiger partial charge in [-0.2, -0.15) is 0 Å². The lowest BCUT2D eigenvalue weighted by Gasteiger charge is -2.41. The van der Waals surface area contributed by atoms with E-state index in [-0.39, 0.29) is 12.8 Å². The zero-order valence-electron chi connectivity index (χ0n) is 32.7. The predicted octanol–water partition coefficient (Wildman–Crippen LogP) is 6.38. The lowest BCUT2D eigenvalue weighted by Crippen LogP contribution is -2.64. The van der Waals surface area contributed by atoms with Crippen molar-refractivity contribution in [3.05, 3.63) is 72.9 Å². The largest absolute Gasteiger partial charge is 0.472 e. The molecule has 13 nitrogen and oxygen atoms in total. The number of carbonyl (C=O) groups excluding carboxylic acids is 2. The molecule has 1 saturated carbocycles. The minimum Gasteiger partial charge on any atom is -0.462 e. The monoisotopic (exact) mass is 798 g/mol. The molecule has 0 radical (unpaired) electrons. The van der Waals surface area contributed by atoms with Crippen molar-refractivity contribution in [3.8, 4) is 0 Å². The van der Waals surface area contributed by atoms with E-state index >= 15 is 0 Å². The maximum atomic E-state index is 12.8. The van der Waals surface area contributed by atoms with Crippen molar-refractivity contribution in [2.45, 2.75) is 159 Å². The predicted molar refractivity (Wildman–Crippen MR) is 212 cm³/mol. The summed E-state index contributed by atoms with van der Waals surface area (Å²) >= 11 is 0. The molecule has 6 N–H and O–H groups in total. The van der Waals surface area contributed by atoms with Crippen LogP contribution in [0, 0.1) is 0 Å². The summed E-state index contributed by atoms with van der Waals surface area (Å²) in [5.74, 6) is -1.16. The van der Waals surface area contributed by atoms with E-state index in [4.69, 9.17) is 18.5 Å². The second-order valence-corrected chi connectivity index (χ2v) is 14.9. The molecule has 1 aliphatic rings. The second kappa shape index (κ2) is 31.4. The van der Waals surface area contributed by atoms with Gasteiger partial charge in [0.1, 0.15) is 43.2 Å². The van der Waals surface area contributed by atoms with Gasteiger partial charge in [-0.15, -0.1) is 0 Å². The molecule has 7 unspecified atom stereocenters. The molecule has 0 amide bonds. The lowest BCUT2D eigenvalue weighted by molar-refractivity contribution is -0.220. The molecular formula is C41H67O13P. The van der Waals surface area contributed by atoms with Gasteiger partial charge in [-0.3, -0.25) is 18.6 Å². The Morgan fingerprint density at radius 1 is 0.564 bits per heavy atom. The molecular weight excluding hydrogens is 731 g/mol. The van der Waals surface area contributed by atoms with Crippen LogP contribution in [0.4, 0.5) is 0 Å². The molecule has 1 fully saturated rings. The Balaban J connectivity index is 2.57. The minimum atomic E-state index is -5.13. The summed E-state index contributed by atoms with van der Waals surface area (Å²) in [7, 11) is -5.13. The van der Waals surface area contributed by atoms with E-state index in [1.165, 1.54) is 0 Å². The molecule has 0 aromatic carbocycles. The average molecular weight is 799 g/mol. The van der Waals surface area contributed by atoms with Crippen molar-refractivity contribution in [2.24, 2.45) is 0 Å². The summed E-state index contributed by atoms with van der Waals surface area (Å²) in [5.41, 5.74) is 0. The number of aliphatic hydroxyl groups excluding tert-OH is 5. The molecule has 8 atom stereocenters. The van der Waals surface area contributed by atoms with Crippen LogP contribution in [0.1, 0.15) is 117 Å². The lowest BCUT2D eigenvalue weighted by atomic mass is 9.85. The standard InChI is InChI=1S/C41H67O13P/c1-3-5-7-9-11-13-15-17-19-21-23-25-27-29-34(42)51-31-33(32-52-55(49,50)54-41-39(47)37(45)36(44)38(46)40(41)48)53-35(43)30-28-26-24-22-20-18-16-14-12-10-8-6-4-2/h5-16,33,36-41,44-48H,3-4,17-32H2,1-2H3,(H,49,50)/b7-5+,8-6+,11-9+,12-10+,15-13+,16-14+/t33?,36?,37-,38?,39?,40?,41?/m1/s1. The maximum Gasteiger partial charge on any atom is 0.472 e. The van der Waals surface area contributed by atoms with Crippen LogP contribution in [-0.2, 0) is 32.7 Å². The van der Waals surface area contributed by atoms with Crippen LogP contribution < -0.4 is 0 Å². The van der Waals surface area contributed by atoms with Crippen LogP contribution in [0.2, 0.25) is 0 Å². The van der Waals surface area contributed by atoms with Gasteiger partial charge in [-0.1, -0.05) is 125 Å². The number of phosphoric acid groups is 1. The van der Waals surface area contributed by atoms with Crippen molar-refractivity contribution in [3.63, 3.8) is 0 Å². The highest BCUT2D eigenvalue weighted by molar-refractivity contribution is 7.47. The van der Waals surface area contributed by atoms with Crippen LogP contribution in [0.15, 0.2) is 72.9 Å². The summed E-state index contributed by atoms with van der Waals surface area (Å²) in [6.45, 7) is 2.95. The molecule has 1 aliphatic carbocycles. The molecule has 14 heteroatoms. The minimum absolute atomic E-state index is 0.0645. The highest BCUT2D eigenvalue weighted by atomic mass is 31.2. The third-order valence-corrected chi connectivity index (χ3v) is 9.65. The Bertz CT molecular complexity index is 1240. The van der Waals surface area contributed by atoms with Crippen LogP contribution in [0.25, 0.3) is 0 Å². The van der Waals surface area contributed by atoms with Crippen molar-refractivity contribution in [1.82, 2.24) is 0 Å². The number of unbranched alkanes of at least 4 members (excludes halogenated alkanes) is 10. The summed E-state index contributed by atoms with van der Waals surface area (Å²) in [6, 6.07) is 0. The molecule has 0 heterocycles. The van der Waals surface area contributed by atoms with Crippen molar-refractivity contribution >= 4 is 19.8 Å². The molecule has 1 rings (SSSR count). The number of allylic oxidation sites excluding steroid dienone is 12. The van der Waals surface area contributed by atoms with Gasteiger partial charge in [-0.05, 0) is 51.4 Å². The molecule has 314 valence electrons. The maximum absolute atomic E-state index is 12.8. The summed E-state index contributed by atoms with van der Waals surface area (Å²) in [6.07, 6.45) is 24.1. The quantitative estimate of drug-likeness (QED) is 0.0202. The van der Waals surface area contributed by atoms with Crippen molar-refractivity contribution in [1.29, 1.82) is 0 Å². The number of ether oxygens (including phenoxy) is 2. The van der Waals surface area contributed by atoms with E-state index in [0.29, 0.717) is 12.8 Å². The SMILES string of the molecule is CC/C=C/C=C/C=C/CCCCCCCC(=O)OCC(COP(=O)(O)OC1C(O)C(O)C(O)[C@@H](O)C1O)OC(=O)CCCCCCC/C=C/C=C/C=C/CC. The zero-order chi connectivity index (χ0) is 40.7. The Labute approximate surface area is 327 Å². The number of aliphatic hydroxyl groups is 5. The Hall–Kier alpha value is -2.71. The third kappa shape index (κ3) is 24.5. The van der Waals surface area contributed by atoms with Gasteiger partial charge in [0.25, 0.3) is 0 Å². The summed E-state index contributed by atoms with van der Waals surface area (Å²) in [5, 5.41) is 50.0. The normalized spacial score (nSPS) is 23.9. The molecule has 0 aromatic rings. The fourth-order valence-electron chi connectivity index (χ4n) is 5.46. The second-order valence-electron chi connectivity index (χ2n) is 13.5. The van der Waals surface area contributed by atoms with E-state index in [1.54, 1.807) is 0 Å². The molecule has 0 saturated heterocycles. The van der Waals surface area contributed by atoms with Crippen LogP contribution in [0.5, 0.6) is 0 Å². The van der Waals surface area contributed by atoms with Gasteiger partial charge < -0.3 is 39.9 Å². The third-order valence-electron chi connectivity index (χ3n) is 8.67. The topological polar surface area (TPSA) is 210 Å². The van der Waals surface area contributed by atoms with E-state index < -0.39 is 75.7 Å². The summed E-state index contributed by atoms with van der Waals surface area (Å²) in [4.78, 5) is 35.5. The zero-order valence-corrected chi connectivity index (χ0v) is 33.6. The van der Waals surface area contributed by atoms with E-state index in [1.807, 2.05) is 48.6 Å². The van der Waals surface area contributed by atoms with Gasteiger partial charge in [0.05, 0.1) is 6.61 Å². The summed E-state index contributed by atoms with van der Waals surface area (Å²) < 4.78 is 33.3. The number of rotatable bonds is 30. The fourth-order valence-corrected chi connectivity index (χ4v) is 6.43. The Morgan fingerprint density at radius 3 is 1.47 bits per heavy atom. The van der Waals surface area contributed by atoms with Gasteiger partial charge in [0, 0.05) is 12.8 Å². The molecule has 55 heavy (non-hydrogen) atoms. The van der Waals surface area contributed by atoms with Gasteiger partial charge >= 0.3 is 19.8 Å². The number of phosphoric ester groups is 1. The number of hydrogen-bond acceptors (Lipinski definition) is 12. The van der Waals surface area contributed by atoms with Gasteiger partial charge in [-0.25, -0.2) is 4.57 Å². The average Bonchev–Trinajstić information content (AvgIpc) is 3.16. The van der Waals surface area contributed by atoms with Crippen molar-refractivity contribution < 1.29 is 63.1 Å².